The first-order valence-corrected chi connectivity index (χ1v) is 12.4. The highest BCUT2D eigenvalue weighted by molar-refractivity contribution is 6.07. The molecule has 0 unspecified atom stereocenters. The van der Waals surface area contributed by atoms with Crippen LogP contribution in [0, 0.1) is 0 Å². The number of hydrogen-bond donors (Lipinski definition) is 2. The number of hydrogen-bond acceptors (Lipinski definition) is 3. The lowest BCUT2D eigenvalue weighted by atomic mass is 9.87. The molecule has 5 heteroatoms. The molecule has 5 nitrogen and oxygen atoms in total. The minimum Gasteiger partial charge on any atom is -0.492 e. The molecule has 0 bridgehead atoms. The van der Waals surface area contributed by atoms with Gasteiger partial charge in [0.05, 0.1) is 12.2 Å². The molecule has 0 spiro atoms. The fraction of sp³-hybridized carbons (Fsp3) is 0.188. The molecular formula is C32H32N2O3. The molecule has 0 saturated heterocycles. The summed E-state index contributed by atoms with van der Waals surface area (Å²) in [6, 6.07) is 32.0. The molecule has 0 atom stereocenters. The fourth-order valence-corrected chi connectivity index (χ4v) is 3.90. The summed E-state index contributed by atoms with van der Waals surface area (Å²) in [7, 11) is 0. The van der Waals surface area contributed by atoms with Crippen LogP contribution in [-0.2, 0) is 11.8 Å². The first-order chi connectivity index (χ1) is 17.8. The number of nitrogens with one attached hydrogen (secondary N) is 2. The monoisotopic (exact) mass is 492 g/mol. The van der Waals surface area contributed by atoms with Crippen LogP contribution in [-0.4, -0.2) is 18.4 Å². The van der Waals surface area contributed by atoms with E-state index >= 15 is 0 Å². The molecule has 0 aliphatic heterocycles. The largest absolute Gasteiger partial charge is 0.492 e. The summed E-state index contributed by atoms with van der Waals surface area (Å²) in [6.45, 7) is 6.87. The van der Waals surface area contributed by atoms with Crippen molar-refractivity contribution < 1.29 is 14.3 Å². The molecule has 2 amide bonds. The van der Waals surface area contributed by atoms with Crippen molar-refractivity contribution in [3.8, 4) is 5.75 Å². The number of carbonyl (C=O) groups is 2. The van der Waals surface area contributed by atoms with E-state index in [2.05, 4.69) is 43.5 Å². The highest BCUT2D eigenvalue weighted by Crippen LogP contribution is 2.24. The summed E-state index contributed by atoms with van der Waals surface area (Å²) in [4.78, 5) is 25.8. The Bertz CT molecular complexity index is 1360. The lowest BCUT2D eigenvalue weighted by molar-refractivity contribution is 0.101. The zero-order valence-corrected chi connectivity index (χ0v) is 21.5. The predicted octanol–water partition coefficient (Wildman–Crippen LogP) is 7.11. The number of carbonyl (C=O) groups excluding carboxylic acids is 2. The van der Waals surface area contributed by atoms with Gasteiger partial charge in [0.15, 0.2) is 0 Å². The summed E-state index contributed by atoms with van der Waals surface area (Å²) in [6.07, 6.45) is 0.747. The van der Waals surface area contributed by atoms with E-state index in [-0.39, 0.29) is 17.2 Å². The maximum Gasteiger partial charge on any atom is 0.259 e. The molecule has 0 saturated carbocycles. The Morgan fingerprint density at radius 1 is 0.703 bits per heavy atom. The number of rotatable bonds is 8. The van der Waals surface area contributed by atoms with Gasteiger partial charge in [0.2, 0.25) is 0 Å². The maximum absolute atomic E-state index is 13.1. The van der Waals surface area contributed by atoms with Crippen LogP contribution in [0.1, 0.15) is 52.6 Å². The highest BCUT2D eigenvalue weighted by atomic mass is 16.5. The van der Waals surface area contributed by atoms with Gasteiger partial charge in [0.25, 0.3) is 11.8 Å². The van der Waals surface area contributed by atoms with Crippen LogP contribution in [0.2, 0.25) is 0 Å². The molecule has 0 radical (unpaired) electrons. The van der Waals surface area contributed by atoms with Gasteiger partial charge in [-0.3, -0.25) is 9.59 Å². The van der Waals surface area contributed by atoms with Crippen LogP contribution in [0.4, 0.5) is 11.4 Å². The van der Waals surface area contributed by atoms with Crippen LogP contribution in [0.5, 0.6) is 5.75 Å². The van der Waals surface area contributed by atoms with Gasteiger partial charge >= 0.3 is 0 Å². The standard InChI is InChI=1S/C32H32N2O3/c1-32(2,3)25-18-16-24(17-19-25)30(35)33-26-12-9-13-27(22-26)34-31(36)28-14-7-8-15-29(28)37-21-20-23-10-5-4-6-11-23/h4-19,22H,20-21H2,1-3H3,(H,33,35)(H,34,36). The maximum atomic E-state index is 13.1. The van der Waals surface area contributed by atoms with Gasteiger partial charge in [0, 0.05) is 23.4 Å². The fourth-order valence-electron chi connectivity index (χ4n) is 3.90. The Hall–Kier alpha value is -4.38. The third-order valence-corrected chi connectivity index (χ3v) is 6.01. The number of ether oxygens (including phenoxy) is 1. The molecule has 0 aliphatic rings. The smallest absolute Gasteiger partial charge is 0.259 e. The Balaban J connectivity index is 1.39. The van der Waals surface area contributed by atoms with Crippen LogP contribution in [0.15, 0.2) is 103 Å². The molecule has 4 aromatic rings. The topological polar surface area (TPSA) is 67.4 Å². The third kappa shape index (κ3) is 7.07. The Kier molecular flexibility index (Phi) is 8.04. The van der Waals surface area contributed by atoms with Crippen molar-refractivity contribution in [3.05, 3.63) is 125 Å². The van der Waals surface area contributed by atoms with E-state index in [4.69, 9.17) is 4.74 Å². The van der Waals surface area contributed by atoms with Gasteiger partial charge in [-0.05, 0) is 59.0 Å². The predicted molar refractivity (Wildman–Crippen MR) is 150 cm³/mol. The molecule has 37 heavy (non-hydrogen) atoms. The van der Waals surface area contributed by atoms with Crippen molar-refractivity contribution in [1.82, 2.24) is 0 Å². The minimum atomic E-state index is -0.281. The lowest BCUT2D eigenvalue weighted by Crippen LogP contribution is -2.16. The Morgan fingerprint density at radius 3 is 2.00 bits per heavy atom. The van der Waals surface area contributed by atoms with Gasteiger partial charge in [0.1, 0.15) is 5.75 Å². The average molecular weight is 493 g/mol. The van der Waals surface area contributed by atoms with Gasteiger partial charge in [-0.1, -0.05) is 81.4 Å². The van der Waals surface area contributed by atoms with Crippen molar-refractivity contribution in [2.75, 3.05) is 17.2 Å². The van der Waals surface area contributed by atoms with Crippen molar-refractivity contribution in [3.63, 3.8) is 0 Å². The molecule has 2 N–H and O–H groups in total. The van der Waals surface area contributed by atoms with Gasteiger partial charge in [-0.15, -0.1) is 0 Å². The minimum absolute atomic E-state index is 0.0209. The first-order valence-electron chi connectivity index (χ1n) is 12.4. The Labute approximate surface area is 218 Å². The summed E-state index contributed by atoms with van der Waals surface area (Å²) in [5, 5.41) is 5.82. The molecule has 4 rings (SSSR count). The number of para-hydroxylation sites is 1. The van der Waals surface area contributed by atoms with Crippen LogP contribution in [0.25, 0.3) is 0 Å². The van der Waals surface area contributed by atoms with Crippen molar-refractivity contribution in [1.29, 1.82) is 0 Å². The van der Waals surface area contributed by atoms with Crippen LogP contribution in [0.3, 0.4) is 0 Å². The van der Waals surface area contributed by atoms with E-state index in [1.54, 1.807) is 42.5 Å². The van der Waals surface area contributed by atoms with E-state index in [9.17, 15) is 9.59 Å². The quantitative estimate of drug-likeness (QED) is 0.275. The van der Waals surface area contributed by atoms with Crippen molar-refractivity contribution >= 4 is 23.2 Å². The first kappa shape index (κ1) is 25.7. The number of amides is 2. The summed E-state index contributed by atoms with van der Waals surface area (Å²) in [5.41, 5.74) is 4.55. The molecule has 0 fully saturated rings. The van der Waals surface area contributed by atoms with Gasteiger partial charge in [-0.2, -0.15) is 0 Å². The van der Waals surface area contributed by atoms with Crippen molar-refractivity contribution in [2.24, 2.45) is 0 Å². The summed E-state index contributed by atoms with van der Waals surface area (Å²) in [5.74, 6) is 0.0387. The average Bonchev–Trinajstić information content (AvgIpc) is 2.89. The second-order valence-electron chi connectivity index (χ2n) is 9.90. The second-order valence-corrected chi connectivity index (χ2v) is 9.90. The molecule has 0 aromatic heterocycles. The zero-order valence-electron chi connectivity index (χ0n) is 21.5. The van der Waals surface area contributed by atoms with E-state index in [1.165, 1.54) is 5.56 Å². The van der Waals surface area contributed by atoms with Gasteiger partial charge < -0.3 is 15.4 Å². The summed E-state index contributed by atoms with van der Waals surface area (Å²) >= 11 is 0. The van der Waals surface area contributed by atoms with E-state index < -0.39 is 0 Å². The van der Waals surface area contributed by atoms with E-state index in [0.29, 0.717) is 34.9 Å². The normalized spacial score (nSPS) is 11.0. The Morgan fingerprint density at radius 2 is 1.32 bits per heavy atom. The second kappa shape index (κ2) is 11.6. The molecule has 0 aliphatic carbocycles. The molecule has 0 heterocycles. The lowest BCUT2D eigenvalue weighted by Gasteiger charge is -2.19. The molecular weight excluding hydrogens is 460 g/mol. The van der Waals surface area contributed by atoms with Gasteiger partial charge in [-0.25, -0.2) is 0 Å². The SMILES string of the molecule is CC(C)(C)c1ccc(C(=O)Nc2cccc(NC(=O)c3ccccc3OCCc3ccccc3)c2)cc1. The van der Waals surface area contributed by atoms with Crippen molar-refractivity contribution in [2.45, 2.75) is 32.6 Å². The summed E-state index contributed by atoms with van der Waals surface area (Å²) < 4.78 is 5.94. The zero-order chi connectivity index (χ0) is 26.3. The number of benzene rings is 4. The van der Waals surface area contributed by atoms with Crippen LogP contribution >= 0.6 is 0 Å². The third-order valence-electron chi connectivity index (χ3n) is 6.01. The van der Waals surface area contributed by atoms with E-state index in [0.717, 1.165) is 12.0 Å². The highest BCUT2D eigenvalue weighted by Gasteiger charge is 2.15. The molecule has 188 valence electrons. The number of anilines is 2. The molecule has 4 aromatic carbocycles. The van der Waals surface area contributed by atoms with Crippen LogP contribution < -0.4 is 15.4 Å². The van der Waals surface area contributed by atoms with E-state index in [1.807, 2.05) is 48.5 Å².